The lowest BCUT2D eigenvalue weighted by atomic mass is 10.0. The molecule has 2 heterocycles. The normalized spacial score (nSPS) is 25.0. The van der Waals surface area contributed by atoms with Gasteiger partial charge in [0.15, 0.2) is 5.83 Å². The fourth-order valence-corrected chi connectivity index (χ4v) is 2.89. The Morgan fingerprint density at radius 3 is 2.83 bits per heavy atom. The summed E-state index contributed by atoms with van der Waals surface area (Å²) in [6.45, 7) is 4.48. The fourth-order valence-electron chi connectivity index (χ4n) is 2.89. The molecule has 0 unspecified atom stereocenters. The Kier molecular flexibility index (Phi) is 5.08. The van der Waals surface area contributed by atoms with Crippen LogP contribution in [0.15, 0.2) is 23.7 Å². The second-order valence-electron chi connectivity index (χ2n) is 6.45. The van der Waals surface area contributed by atoms with Crippen molar-refractivity contribution in [3.8, 4) is 0 Å². The molecule has 3 rings (SSSR count). The van der Waals surface area contributed by atoms with Gasteiger partial charge >= 0.3 is 0 Å². The lowest BCUT2D eigenvalue weighted by molar-refractivity contribution is -0.120. The molecule has 1 aliphatic heterocycles. The molecule has 6 nitrogen and oxygen atoms in total. The number of amides is 1. The number of aromatic nitrogens is 2. The number of carbonyl (C=O) groups is 1. The van der Waals surface area contributed by atoms with Crippen LogP contribution < -0.4 is 10.6 Å². The first kappa shape index (κ1) is 16.8. The summed E-state index contributed by atoms with van der Waals surface area (Å²) in [5.74, 6) is 0.301. The van der Waals surface area contributed by atoms with E-state index in [1.54, 1.807) is 19.2 Å². The molecule has 0 radical (unpaired) electrons. The summed E-state index contributed by atoms with van der Waals surface area (Å²) in [5, 5.41) is 6.06. The average molecular weight is 334 g/mol. The maximum atomic E-state index is 14.2. The number of aryl methyl sites for hydroxylation is 1. The maximum Gasteiger partial charge on any atom is 0.280 e. The monoisotopic (exact) mass is 334 g/mol. The molecule has 130 valence electrons. The van der Waals surface area contributed by atoms with Gasteiger partial charge < -0.3 is 15.4 Å². The minimum atomic E-state index is -0.638. The zero-order valence-corrected chi connectivity index (χ0v) is 14.0. The van der Waals surface area contributed by atoms with E-state index in [0.717, 1.165) is 12.8 Å². The Hall–Kier alpha value is -2.02. The first-order valence-corrected chi connectivity index (χ1v) is 8.35. The number of hydrogen-bond acceptors (Lipinski definition) is 5. The van der Waals surface area contributed by atoms with E-state index in [1.165, 1.54) is 0 Å². The van der Waals surface area contributed by atoms with Gasteiger partial charge in [-0.3, -0.25) is 4.79 Å². The minimum Gasteiger partial charge on any atom is -0.379 e. The number of ether oxygens (including phenoxy) is 1. The van der Waals surface area contributed by atoms with Crippen LogP contribution in [0.2, 0.25) is 0 Å². The minimum absolute atomic E-state index is 0.161. The summed E-state index contributed by atoms with van der Waals surface area (Å²) in [5.41, 5.74) is 0.565. The number of carbonyl (C=O) groups excluding carboxylic acids is 1. The first-order chi connectivity index (χ1) is 11.5. The van der Waals surface area contributed by atoms with Crippen molar-refractivity contribution in [1.82, 2.24) is 15.3 Å². The highest BCUT2D eigenvalue weighted by Gasteiger charge is 2.31. The zero-order chi connectivity index (χ0) is 17.1. The highest BCUT2D eigenvalue weighted by molar-refractivity contribution is 5.92. The molecule has 0 aromatic carbocycles. The molecule has 1 aliphatic carbocycles. The molecule has 7 heteroatoms. The van der Waals surface area contributed by atoms with Crippen molar-refractivity contribution in [2.24, 2.45) is 5.92 Å². The third kappa shape index (κ3) is 4.08. The molecule has 0 bridgehead atoms. The summed E-state index contributed by atoms with van der Waals surface area (Å²) in [6.07, 6.45) is 4.24. The first-order valence-electron chi connectivity index (χ1n) is 8.35. The molecular formula is C17H23FN4O2. The predicted octanol–water partition coefficient (Wildman–Crippen LogP) is 2.12. The van der Waals surface area contributed by atoms with Crippen LogP contribution in [0.4, 0.5) is 10.2 Å². The van der Waals surface area contributed by atoms with Crippen molar-refractivity contribution < 1.29 is 13.9 Å². The molecule has 1 saturated carbocycles. The molecule has 1 aromatic rings. The van der Waals surface area contributed by atoms with Crippen LogP contribution in [0.25, 0.3) is 0 Å². The summed E-state index contributed by atoms with van der Waals surface area (Å²) in [4.78, 5) is 20.6. The molecule has 1 aromatic heterocycles. The van der Waals surface area contributed by atoms with Gasteiger partial charge in [-0.15, -0.1) is 0 Å². The van der Waals surface area contributed by atoms with Crippen LogP contribution in [0.5, 0.6) is 0 Å². The highest BCUT2D eigenvalue weighted by atomic mass is 19.1. The van der Waals surface area contributed by atoms with Gasteiger partial charge in [0.1, 0.15) is 11.6 Å². The Bertz CT molecular complexity index is 645. The van der Waals surface area contributed by atoms with E-state index in [1.807, 2.05) is 6.92 Å². The van der Waals surface area contributed by atoms with E-state index in [0.29, 0.717) is 36.8 Å². The van der Waals surface area contributed by atoms with Gasteiger partial charge in [0.25, 0.3) is 5.91 Å². The van der Waals surface area contributed by atoms with Gasteiger partial charge in [-0.25, -0.2) is 14.4 Å². The van der Waals surface area contributed by atoms with Gasteiger partial charge in [0.2, 0.25) is 0 Å². The van der Waals surface area contributed by atoms with Crippen LogP contribution in [0.3, 0.4) is 0 Å². The van der Waals surface area contributed by atoms with E-state index in [2.05, 4.69) is 20.6 Å². The van der Waals surface area contributed by atoms with E-state index in [-0.39, 0.29) is 18.0 Å². The number of rotatable bonds is 5. The number of anilines is 1. The van der Waals surface area contributed by atoms with Gasteiger partial charge in [-0.05, 0) is 50.7 Å². The van der Waals surface area contributed by atoms with Gasteiger partial charge in [0, 0.05) is 12.8 Å². The van der Waals surface area contributed by atoms with Crippen LogP contribution in [0.1, 0.15) is 32.0 Å². The van der Waals surface area contributed by atoms with Crippen LogP contribution in [-0.2, 0) is 9.53 Å². The Balaban J connectivity index is 1.66. The van der Waals surface area contributed by atoms with E-state index >= 15 is 0 Å². The standard InChI is InChI=1S/C17H23FN4O2/c1-10(12-3-4-12)16(18)17(23)22-13-6-8-24-9-14(13)21-15-5-7-19-11(2)20-15/h5,7,12-14H,3-4,6,8-9H2,1-2H3,(H,22,23)(H,19,20,21)/b16-10-/t13-,14+/m1/s1. The molecule has 1 saturated heterocycles. The van der Waals surface area contributed by atoms with Crippen molar-refractivity contribution in [2.45, 2.75) is 45.2 Å². The molecular weight excluding hydrogens is 311 g/mol. The van der Waals surface area contributed by atoms with Crippen molar-refractivity contribution in [3.05, 3.63) is 29.5 Å². The smallest absolute Gasteiger partial charge is 0.280 e. The molecule has 2 fully saturated rings. The van der Waals surface area contributed by atoms with Crippen molar-refractivity contribution >= 4 is 11.7 Å². The Morgan fingerprint density at radius 2 is 2.12 bits per heavy atom. The lowest BCUT2D eigenvalue weighted by Gasteiger charge is -2.33. The number of nitrogens with one attached hydrogen (secondary N) is 2. The molecule has 24 heavy (non-hydrogen) atoms. The molecule has 0 spiro atoms. The Morgan fingerprint density at radius 1 is 1.33 bits per heavy atom. The van der Waals surface area contributed by atoms with Crippen LogP contribution in [-0.4, -0.2) is 41.2 Å². The quantitative estimate of drug-likeness (QED) is 0.807. The molecule has 2 N–H and O–H groups in total. The summed E-state index contributed by atoms with van der Waals surface area (Å²) in [7, 11) is 0. The second kappa shape index (κ2) is 7.25. The van der Waals surface area contributed by atoms with Crippen molar-refractivity contribution in [3.63, 3.8) is 0 Å². The second-order valence-corrected chi connectivity index (χ2v) is 6.45. The summed E-state index contributed by atoms with van der Waals surface area (Å²) < 4.78 is 19.7. The fraction of sp³-hybridized carbons (Fsp3) is 0.588. The molecule has 2 aliphatic rings. The largest absolute Gasteiger partial charge is 0.379 e. The lowest BCUT2D eigenvalue weighted by Crippen LogP contribution is -2.52. The van der Waals surface area contributed by atoms with Gasteiger partial charge in [-0.2, -0.15) is 0 Å². The topological polar surface area (TPSA) is 76.1 Å². The number of nitrogens with zero attached hydrogens (tertiary/aromatic N) is 2. The van der Waals surface area contributed by atoms with E-state index in [9.17, 15) is 9.18 Å². The van der Waals surface area contributed by atoms with E-state index in [4.69, 9.17) is 4.74 Å². The maximum absolute atomic E-state index is 14.2. The van der Waals surface area contributed by atoms with Crippen molar-refractivity contribution in [1.29, 1.82) is 0 Å². The summed E-state index contributed by atoms with van der Waals surface area (Å²) >= 11 is 0. The number of hydrogen-bond donors (Lipinski definition) is 2. The predicted molar refractivity (Wildman–Crippen MR) is 88.1 cm³/mol. The van der Waals surface area contributed by atoms with E-state index < -0.39 is 11.7 Å². The Labute approximate surface area is 140 Å². The van der Waals surface area contributed by atoms with Crippen LogP contribution >= 0.6 is 0 Å². The molecule has 1 amide bonds. The third-order valence-corrected chi connectivity index (χ3v) is 4.52. The SMILES string of the molecule is C/C(=C(/F)C(=O)N[C@@H]1CCOC[C@@H]1Nc1ccnc(C)n1)C1CC1. The third-order valence-electron chi connectivity index (χ3n) is 4.52. The average Bonchev–Trinajstić information content (AvgIpc) is 3.40. The zero-order valence-electron chi connectivity index (χ0n) is 14.0. The summed E-state index contributed by atoms with van der Waals surface area (Å²) in [6, 6.07) is 1.39. The van der Waals surface area contributed by atoms with Gasteiger partial charge in [0.05, 0.1) is 18.7 Å². The van der Waals surface area contributed by atoms with Gasteiger partial charge in [-0.1, -0.05) is 0 Å². The van der Waals surface area contributed by atoms with Crippen LogP contribution in [0, 0.1) is 12.8 Å². The highest BCUT2D eigenvalue weighted by Crippen LogP contribution is 2.38. The number of halogens is 1. The van der Waals surface area contributed by atoms with Crippen molar-refractivity contribution in [2.75, 3.05) is 18.5 Å². The molecule has 2 atom stereocenters. The number of allylic oxidation sites excluding steroid dienone is 1.